The Hall–Kier alpha value is -1.30. The van der Waals surface area contributed by atoms with Crippen LogP contribution >= 0.6 is 0 Å². The van der Waals surface area contributed by atoms with Gasteiger partial charge in [-0.05, 0) is 50.6 Å². The van der Waals surface area contributed by atoms with Crippen LogP contribution in [0.5, 0.6) is 11.5 Å². The van der Waals surface area contributed by atoms with Crippen LogP contribution in [0.25, 0.3) is 0 Å². The van der Waals surface area contributed by atoms with Crippen LogP contribution in [0.2, 0.25) is 0 Å². The lowest BCUT2D eigenvalue weighted by Crippen LogP contribution is -2.38. The first kappa shape index (κ1) is 18.0. The Balaban J connectivity index is 1.68. The maximum Gasteiger partial charge on any atom is 0.160 e. The first-order chi connectivity index (χ1) is 11.2. The first-order valence-corrected chi connectivity index (χ1v) is 8.47. The summed E-state index contributed by atoms with van der Waals surface area (Å²) in [5.41, 5.74) is 1.26. The molecule has 1 saturated heterocycles. The van der Waals surface area contributed by atoms with Crippen LogP contribution < -0.4 is 14.8 Å². The number of rotatable bonds is 9. The van der Waals surface area contributed by atoms with E-state index in [1.807, 2.05) is 6.07 Å². The maximum absolute atomic E-state index is 5.37. The standard InChI is InChI=1S/C18H30N2O3/c1-15(19-7-4-8-20-9-11-23-12-10-20)13-16-5-6-17(21-2)18(14-16)22-3/h5-6,14-15,19H,4,7-13H2,1-3H3. The van der Waals surface area contributed by atoms with Gasteiger partial charge >= 0.3 is 0 Å². The molecule has 1 atom stereocenters. The monoisotopic (exact) mass is 322 g/mol. The average Bonchev–Trinajstić information content (AvgIpc) is 2.59. The van der Waals surface area contributed by atoms with Gasteiger partial charge in [-0.15, -0.1) is 0 Å². The van der Waals surface area contributed by atoms with Crippen molar-refractivity contribution in [1.82, 2.24) is 10.2 Å². The number of morpholine rings is 1. The molecule has 1 fully saturated rings. The molecule has 0 spiro atoms. The van der Waals surface area contributed by atoms with Gasteiger partial charge in [0.15, 0.2) is 11.5 Å². The lowest BCUT2D eigenvalue weighted by molar-refractivity contribution is 0.0374. The van der Waals surface area contributed by atoms with Gasteiger partial charge in [0, 0.05) is 19.1 Å². The number of hydrogen-bond donors (Lipinski definition) is 1. The first-order valence-electron chi connectivity index (χ1n) is 8.47. The zero-order valence-corrected chi connectivity index (χ0v) is 14.6. The van der Waals surface area contributed by atoms with Gasteiger partial charge in [0.05, 0.1) is 27.4 Å². The number of methoxy groups -OCH3 is 2. The summed E-state index contributed by atoms with van der Waals surface area (Å²) < 4.78 is 16.0. The van der Waals surface area contributed by atoms with Crippen molar-refractivity contribution in [3.05, 3.63) is 23.8 Å². The second-order valence-electron chi connectivity index (χ2n) is 6.06. The summed E-state index contributed by atoms with van der Waals surface area (Å²) >= 11 is 0. The second-order valence-corrected chi connectivity index (χ2v) is 6.06. The molecule has 1 aliphatic heterocycles. The number of hydrogen-bond acceptors (Lipinski definition) is 5. The predicted molar refractivity (Wildman–Crippen MR) is 92.6 cm³/mol. The Bertz CT molecular complexity index is 462. The largest absolute Gasteiger partial charge is 0.493 e. The fourth-order valence-electron chi connectivity index (χ4n) is 2.91. The Morgan fingerprint density at radius 2 is 1.91 bits per heavy atom. The molecule has 1 aromatic carbocycles. The molecule has 0 bridgehead atoms. The smallest absolute Gasteiger partial charge is 0.160 e. The number of nitrogens with zero attached hydrogens (tertiary/aromatic N) is 1. The van der Waals surface area contributed by atoms with Crippen molar-refractivity contribution in [2.24, 2.45) is 0 Å². The summed E-state index contributed by atoms with van der Waals surface area (Å²) in [6, 6.07) is 6.58. The summed E-state index contributed by atoms with van der Waals surface area (Å²) in [4.78, 5) is 2.48. The van der Waals surface area contributed by atoms with Crippen molar-refractivity contribution in [3.63, 3.8) is 0 Å². The van der Waals surface area contributed by atoms with Gasteiger partial charge in [-0.1, -0.05) is 6.07 Å². The van der Waals surface area contributed by atoms with Crippen LogP contribution in [-0.4, -0.2) is 64.6 Å². The van der Waals surface area contributed by atoms with Gasteiger partial charge in [0.1, 0.15) is 0 Å². The quantitative estimate of drug-likeness (QED) is 0.704. The van der Waals surface area contributed by atoms with Gasteiger partial charge in [-0.3, -0.25) is 4.90 Å². The molecule has 0 saturated carbocycles. The van der Waals surface area contributed by atoms with E-state index in [1.54, 1.807) is 14.2 Å². The zero-order valence-electron chi connectivity index (χ0n) is 14.6. The summed E-state index contributed by atoms with van der Waals surface area (Å²) in [6.45, 7) is 8.32. The summed E-state index contributed by atoms with van der Waals surface area (Å²) in [5, 5.41) is 3.61. The van der Waals surface area contributed by atoms with E-state index in [9.17, 15) is 0 Å². The molecule has 130 valence electrons. The Labute approximate surface area is 139 Å². The molecule has 1 aromatic rings. The van der Waals surface area contributed by atoms with Crippen LogP contribution in [0.3, 0.4) is 0 Å². The van der Waals surface area contributed by atoms with Gasteiger partial charge < -0.3 is 19.5 Å². The SMILES string of the molecule is COc1ccc(CC(C)NCCCN2CCOCC2)cc1OC. The Kier molecular flexibility index (Phi) is 7.65. The van der Waals surface area contributed by atoms with Crippen molar-refractivity contribution < 1.29 is 14.2 Å². The second kappa shape index (κ2) is 9.75. The van der Waals surface area contributed by atoms with E-state index in [1.165, 1.54) is 12.0 Å². The van der Waals surface area contributed by atoms with Crippen LogP contribution in [0.15, 0.2) is 18.2 Å². The molecule has 0 aromatic heterocycles. The molecule has 0 amide bonds. The topological polar surface area (TPSA) is 43.0 Å². The highest BCUT2D eigenvalue weighted by Crippen LogP contribution is 2.27. The number of benzene rings is 1. The van der Waals surface area contributed by atoms with Crippen molar-refractivity contribution >= 4 is 0 Å². The Morgan fingerprint density at radius 3 is 2.61 bits per heavy atom. The maximum atomic E-state index is 5.37. The number of ether oxygens (including phenoxy) is 3. The minimum Gasteiger partial charge on any atom is -0.493 e. The van der Waals surface area contributed by atoms with Crippen LogP contribution in [0.4, 0.5) is 0 Å². The fourth-order valence-corrected chi connectivity index (χ4v) is 2.91. The van der Waals surface area contributed by atoms with Gasteiger partial charge in [-0.2, -0.15) is 0 Å². The van der Waals surface area contributed by atoms with Crippen LogP contribution in [-0.2, 0) is 11.2 Å². The minimum atomic E-state index is 0.442. The Morgan fingerprint density at radius 1 is 1.17 bits per heavy atom. The highest BCUT2D eigenvalue weighted by Gasteiger charge is 2.10. The zero-order chi connectivity index (χ0) is 16.5. The molecule has 1 aliphatic rings. The molecule has 1 unspecified atom stereocenters. The lowest BCUT2D eigenvalue weighted by atomic mass is 10.1. The van der Waals surface area contributed by atoms with E-state index in [0.717, 1.165) is 57.3 Å². The van der Waals surface area contributed by atoms with E-state index in [-0.39, 0.29) is 0 Å². The molecular formula is C18H30N2O3. The van der Waals surface area contributed by atoms with Crippen molar-refractivity contribution in [3.8, 4) is 11.5 Å². The van der Waals surface area contributed by atoms with E-state index in [4.69, 9.17) is 14.2 Å². The fraction of sp³-hybridized carbons (Fsp3) is 0.667. The third-order valence-corrected chi connectivity index (χ3v) is 4.24. The van der Waals surface area contributed by atoms with E-state index in [0.29, 0.717) is 6.04 Å². The van der Waals surface area contributed by atoms with Crippen LogP contribution in [0, 0.1) is 0 Å². The predicted octanol–water partition coefficient (Wildman–Crippen LogP) is 1.95. The molecule has 1 N–H and O–H groups in total. The molecule has 23 heavy (non-hydrogen) atoms. The summed E-state index contributed by atoms with van der Waals surface area (Å²) in [6.07, 6.45) is 2.16. The molecule has 2 rings (SSSR count). The molecule has 5 nitrogen and oxygen atoms in total. The molecule has 0 aliphatic carbocycles. The van der Waals surface area contributed by atoms with Crippen molar-refractivity contribution in [1.29, 1.82) is 0 Å². The molecular weight excluding hydrogens is 292 g/mol. The lowest BCUT2D eigenvalue weighted by Gasteiger charge is -2.26. The van der Waals surface area contributed by atoms with Crippen LogP contribution in [0.1, 0.15) is 18.9 Å². The minimum absolute atomic E-state index is 0.442. The molecule has 1 heterocycles. The molecule has 0 radical (unpaired) electrons. The normalized spacial score (nSPS) is 17.0. The third-order valence-electron chi connectivity index (χ3n) is 4.24. The average molecular weight is 322 g/mol. The van der Waals surface area contributed by atoms with Crippen molar-refractivity contribution in [2.45, 2.75) is 25.8 Å². The van der Waals surface area contributed by atoms with E-state index < -0.39 is 0 Å². The van der Waals surface area contributed by atoms with Gasteiger partial charge in [-0.25, -0.2) is 0 Å². The summed E-state index contributed by atoms with van der Waals surface area (Å²) in [5.74, 6) is 1.58. The highest BCUT2D eigenvalue weighted by molar-refractivity contribution is 5.43. The molecule has 5 heteroatoms. The van der Waals surface area contributed by atoms with E-state index >= 15 is 0 Å². The highest BCUT2D eigenvalue weighted by atomic mass is 16.5. The summed E-state index contributed by atoms with van der Waals surface area (Å²) in [7, 11) is 3.34. The van der Waals surface area contributed by atoms with E-state index in [2.05, 4.69) is 29.3 Å². The van der Waals surface area contributed by atoms with Crippen molar-refractivity contribution in [2.75, 3.05) is 53.6 Å². The number of nitrogens with one attached hydrogen (secondary N) is 1. The van der Waals surface area contributed by atoms with Gasteiger partial charge in [0.25, 0.3) is 0 Å². The van der Waals surface area contributed by atoms with Gasteiger partial charge in [0.2, 0.25) is 0 Å². The third kappa shape index (κ3) is 6.01.